The highest BCUT2D eigenvalue weighted by atomic mass is 32.1. The number of nitrogens with zero attached hydrogens (tertiary/aromatic N) is 3. The summed E-state index contributed by atoms with van der Waals surface area (Å²) in [6, 6.07) is 12.9. The molecule has 1 aliphatic heterocycles. The van der Waals surface area contributed by atoms with Gasteiger partial charge < -0.3 is 20.0 Å². The molecule has 2 aromatic carbocycles. The fourth-order valence-corrected chi connectivity index (χ4v) is 5.72. The number of halogens is 1. The molecule has 0 bridgehead atoms. The van der Waals surface area contributed by atoms with E-state index in [9.17, 15) is 9.59 Å². The smallest absolute Gasteiger partial charge is 0.271 e. The Bertz CT molecular complexity index is 1570. The van der Waals surface area contributed by atoms with Crippen molar-refractivity contribution in [2.45, 2.75) is 25.5 Å². The van der Waals surface area contributed by atoms with Crippen molar-refractivity contribution in [2.75, 3.05) is 24.5 Å². The zero-order chi connectivity index (χ0) is 24.1. The predicted molar refractivity (Wildman–Crippen MR) is 136 cm³/mol. The minimum atomic E-state index is -0.509. The van der Waals surface area contributed by atoms with Gasteiger partial charge in [0.15, 0.2) is 0 Å². The first-order valence-corrected chi connectivity index (χ1v) is 12.4. The number of hydrogen-bond acceptors (Lipinski definition) is 7. The highest BCUT2D eigenvalue weighted by molar-refractivity contribution is 7.12. The number of hydrogen-bond donors (Lipinski definition) is 2. The largest absolute Gasteiger partial charge is 0.391 e. The van der Waals surface area contributed by atoms with Crippen molar-refractivity contribution in [3.8, 4) is 0 Å². The van der Waals surface area contributed by atoms with Gasteiger partial charge in [-0.2, -0.15) is 0 Å². The second kappa shape index (κ2) is 8.62. The van der Waals surface area contributed by atoms with Crippen LogP contribution < -0.4 is 21.6 Å². The zero-order valence-electron chi connectivity index (χ0n) is 18.9. The van der Waals surface area contributed by atoms with Crippen molar-refractivity contribution >= 4 is 44.1 Å². The third-order valence-electron chi connectivity index (χ3n) is 6.75. The van der Waals surface area contributed by atoms with E-state index in [1.807, 2.05) is 39.8 Å². The van der Waals surface area contributed by atoms with Crippen LogP contribution in [0.2, 0.25) is 0 Å². The molecule has 180 valence electrons. The first-order chi connectivity index (χ1) is 17.0. The van der Waals surface area contributed by atoms with E-state index in [0.717, 1.165) is 35.6 Å². The number of anilines is 1. The molecular formula is C25H24FN5O3S. The molecule has 3 heterocycles. The summed E-state index contributed by atoms with van der Waals surface area (Å²) < 4.78 is 20.1. The molecule has 8 nitrogen and oxygen atoms in total. The van der Waals surface area contributed by atoms with Gasteiger partial charge in [-0.05, 0) is 42.1 Å². The molecule has 2 aliphatic rings. The Labute approximate surface area is 203 Å². The summed E-state index contributed by atoms with van der Waals surface area (Å²) >= 11 is 1.16. The number of benzene rings is 2. The number of aromatic amines is 1. The van der Waals surface area contributed by atoms with Gasteiger partial charge in [0.2, 0.25) is 5.43 Å². The number of nitrogens with two attached hydrogens (primary N) is 1. The summed E-state index contributed by atoms with van der Waals surface area (Å²) in [6.07, 6.45) is 1.92. The van der Waals surface area contributed by atoms with Crippen LogP contribution in [0.25, 0.3) is 21.1 Å². The lowest BCUT2D eigenvalue weighted by atomic mass is 10.1. The highest BCUT2D eigenvalue weighted by Crippen LogP contribution is 2.41. The summed E-state index contributed by atoms with van der Waals surface area (Å²) in [5.74, 6) is -0.575. The molecule has 1 saturated heterocycles. The van der Waals surface area contributed by atoms with Crippen LogP contribution in [0, 0.1) is 11.7 Å². The predicted octanol–water partition coefficient (Wildman–Crippen LogP) is 3.35. The molecule has 1 aliphatic carbocycles. The minimum absolute atomic E-state index is 0.0658. The number of pyridine rings is 1. The maximum atomic E-state index is 15.4. The number of rotatable bonds is 6. The Hall–Kier alpha value is -3.50. The van der Waals surface area contributed by atoms with Crippen LogP contribution in [0.4, 0.5) is 10.1 Å². The summed E-state index contributed by atoms with van der Waals surface area (Å²) in [6.45, 7) is 1.59. The monoisotopic (exact) mass is 493 g/mol. The van der Waals surface area contributed by atoms with Crippen molar-refractivity contribution in [3.05, 3.63) is 74.4 Å². The first-order valence-electron chi connectivity index (χ1n) is 11.6. The first kappa shape index (κ1) is 22.0. The molecule has 6 rings (SSSR count). The lowest BCUT2D eigenvalue weighted by Gasteiger charge is -2.20. The van der Waals surface area contributed by atoms with E-state index < -0.39 is 16.8 Å². The van der Waals surface area contributed by atoms with E-state index in [1.165, 1.54) is 6.07 Å². The summed E-state index contributed by atoms with van der Waals surface area (Å²) in [5, 5.41) is 4.67. The minimum Gasteiger partial charge on any atom is -0.391 e. The highest BCUT2D eigenvalue weighted by Gasteiger charge is 2.33. The standard InChI is InChI=1S/C25H24FN5O3S/c26-18-8-17-20(31(16-6-7-16)25-22(23(17)32)24(33)29-35-25)9-21(18)30-11-15(10-27)19(12-30)28-34-13-14-4-2-1-3-5-14/h1-5,8-9,15-16H,6-7,10-13,27H2,(H,29,33). The average molecular weight is 494 g/mol. The van der Waals surface area contributed by atoms with Crippen LogP contribution in [-0.2, 0) is 11.4 Å². The van der Waals surface area contributed by atoms with Crippen molar-refractivity contribution in [1.29, 1.82) is 0 Å². The Kier molecular flexibility index (Phi) is 5.42. The van der Waals surface area contributed by atoms with E-state index >= 15 is 4.39 Å². The topological polar surface area (TPSA) is 106 Å². The van der Waals surface area contributed by atoms with E-state index in [-0.39, 0.29) is 22.7 Å². The van der Waals surface area contributed by atoms with Crippen molar-refractivity contribution in [1.82, 2.24) is 8.94 Å². The molecule has 10 heteroatoms. The van der Waals surface area contributed by atoms with Gasteiger partial charge in [-0.25, -0.2) is 4.39 Å². The maximum Gasteiger partial charge on any atom is 0.271 e. The summed E-state index contributed by atoms with van der Waals surface area (Å²) in [7, 11) is 0. The van der Waals surface area contributed by atoms with Crippen LogP contribution >= 0.6 is 11.5 Å². The fourth-order valence-electron chi connectivity index (χ4n) is 4.80. The fraction of sp³-hybridized carbons (Fsp3) is 0.320. The van der Waals surface area contributed by atoms with E-state index in [2.05, 4.69) is 9.53 Å². The Morgan fingerprint density at radius 2 is 2.00 bits per heavy atom. The molecule has 2 aromatic heterocycles. The van der Waals surface area contributed by atoms with Crippen LogP contribution in [0.5, 0.6) is 0 Å². The number of nitrogens with one attached hydrogen (secondary N) is 1. The van der Waals surface area contributed by atoms with Gasteiger partial charge in [-0.15, -0.1) is 0 Å². The molecule has 1 saturated carbocycles. The second-order valence-electron chi connectivity index (χ2n) is 9.12. The molecule has 0 radical (unpaired) electrons. The molecule has 0 amide bonds. The Morgan fingerprint density at radius 1 is 1.20 bits per heavy atom. The van der Waals surface area contributed by atoms with Gasteiger partial charge >= 0.3 is 0 Å². The molecular weight excluding hydrogens is 469 g/mol. The second-order valence-corrected chi connectivity index (χ2v) is 9.91. The van der Waals surface area contributed by atoms with Crippen LogP contribution in [-0.4, -0.2) is 34.3 Å². The van der Waals surface area contributed by atoms with Crippen molar-refractivity contribution in [3.63, 3.8) is 0 Å². The number of fused-ring (bicyclic) bond motifs is 2. The lowest BCUT2D eigenvalue weighted by Crippen LogP contribution is -2.24. The van der Waals surface area contributed by atoms with Crippen LogP contribution in [0.1, 0.15) is 24.4 Å². The van der Waals surface area contributed by atoms with E-state index in [1.54, 1.807) is 6.07 Å². The zero-order valence-corrected chi connectivity index (χ0v) is 19.7. The van der Waals surface area contributed by atoms with Crippen LogP contribution in [0.15, 0.2) is 57.2 Å². The Balaban J connectivity index is 1.37. The van der Waals surface area contributed by atoms with Gasteiger partial charge in [0, 0.05) is 30.4 Å². The van der Waals surface area contributed by atoms with Gasteiger partial charge in [-0.1, -0.05) is 35.5 Å². The molecule has 35 heavy (non-hydrogen) atoms. The molecule has 3 N–H and O–H groups in total. The number of aromatic nitrogens is 2. The normalized spacial score (nSPS) is 19.3. The van der Waals surface area contributed by atoms with Gasteiger partial charge in [0.1, 0.15) is 22.6 Å². The summed E-state index contributed by atoms with van der Waals surface area (Å²) in [4.78, 5) is 33.4. The van der Waals surface area contributed by atoms with Gasteiger partial charge in [-0.3, -0.25) is 14.0 Å². The maximum absolute atomic E-state index is 15.4. The molecule has 4 aromatic rings. The van der Waals surface area contributed by atoms with Crippen molar-refractivity contribution < 1.29 is 9.23 Å². The number of H-pyrrole nitrogens is 1. The third-order valence-corrected chi connectivity index (χ3v) is 7.64. The quantitative estimate of drug-likeness (QED) is 0.401. The summed E-state index contributed by atoms with van der Waals surface area (Å²) in [5.41, 5.74) is 7.95. The molecule has 2 fully saturated rings. The van der Waals surface area contributed by atoms with Crippen molar-refractivity contribution in [2.24, 2.45) is 16.8 Å². The van der Waals surface area contributed by atoms with Gasteiger partial charge in [0.05, 0.1) is 23.5 Å². The van der Waals surface area contributed by atoms with Crippen LogP contribution in [0.3, 0.4) is 0 Å². The van der Waals surface area contributed by atoms with E-state index in [4.69, 9.17) is 10.6 Å². The molecule has 0 spiro atoms. The molecule has 1 atom stereocenters. The SMILES string of the molecule is NCC1CN(c2cc3c(cc2F)c(=O)c2c(=O)[nH]sc2n3C2CC2)CC1=NOCc1ccccc1. The number of oxime groups is 1. The third kappa shape index (κ3) is 3.82. The van der Waals surface area contributed by atoms with E-state index in [0.29, 0.717) is 42.3 Å². The lowest BCUT2D eigenvalue weighted by molar-refractivity contribution is 0.129. The molecule has 1 unspecified atom stereocenters. The average Bonchev–Trinajstić information content (AvgIpc) is 3.51. The Morgan fingerprint density at radius 3 is 2.74 bits per heavy atom. The van der Waals surface area contributed by atoms with Gasteiger partial charge in [0.25, 0.3) is 5.56 Å².